The molecule has 0 bridgehead atoms. The molecule has 19 heavy (non-hydrogen) atoms. The first-order valence-electron chi connectivity index (χ1n) is 5.09. The quantitative estimate of drug-likeness (QED) is 0.874. The van der Waals surface area contributed by atoms with Gasteiger partial charge in [-0.1, -0.05) is 11.6 Å². The van der Waals surface area contributed by atoms with Gasteiger partial charge in [0.25, 0.3) is 11.8 Å². The van der Waals surface area contributed by atoms with Gasteiger partial charge >= 0.3 is 0 Å². The summed E-state index contributed by atoms with van der Waals surface area (Å²) in [7, 11) is 1.37. The van der Waals surface area contributed by atoms with Crippen molar-refractivity contribution in [1.82, 2.24) is 5.32 Å². The number of nitrogens with two attached hydrogens (primary N) is 1. The summed E-state index contributed by atoms with van der Waals surface area (Å²) in [4.78, 5) is 11.7. The molecule has 1 amide bonds. The lowest BCUT2D eigenvalue weighted by molar-refractivity contribution is 0.0118. The summed E-state index contributed by atoms with van der Waals surface area (Å²) in [5.41, 5.74) is 4.96. The minimum Gasteiger partial charge on any atom is -0.496 e. The number of hydrogen-bond donors (Lipinski definition) is 2. The third-order valence-electron chi connectivity index (χ3n) is 2.21. The topological polar surface area (TPSA) is 64.3 Å². The zero-order valence-electron chi connectivity index (χ0n) is 10.1. The van der Waals surface area contributed by atoms with Crippen LogP contribution in [0.4, 0.5) is 8.78 Å². The van der Waals surface area contributed by atoms with E-state index < -0.39 is 24.9 Å². The summed E-state index contributed by atoms with van der Waals surface area (Å²) in [6.07, 6.45) is 0. The average Bonchev–Trinajstić information content (AvgIpc) is 2.36. The van der Waals surface area contributed by atoms with E-state index in [1.165, 1.54) is 25.3 Å². The van der Waals surface area contributed by atoms with E-state index in [0.29, 0.717) is 5.02 Å². The van der Waals surface area contributed by atoms with Crippen LogP contribution in [-0.2, 0) is 0 Å². The number of hydrogen-bond acceptors (Lipinski definition) is 3. The van der Waals surface area contributed by atoms with E-state index >= 15 is 0 Å². The fraction of sp³-hybridized carbons (Fsp3) is 0.364. The van der Waals surface area contributed by atoms with Crippen LogP contribution < -0.4 is 15.8 Å². The molecule has 3 N–H and O–H groups in total. The number of methoxy groups -OCH3 is 1. The highest BCUT2D eigenvalue weighted by Gasteiger charge is 2.27. The SMILES string of the molecule is COc1ccc(Cl)cc1C(=O)NCC(F)(F)CN.Cl. The van der Waals surface area contributed by atoms with Crippen molar-refractivity contribution in [2.75, 3.05) is 20.2 Å². The smallest absolute Gasteiger partial charge is 0.277 e. The first-order valence-corrected chi connectivity index (χ1v) is 5.47. The molecule has 0 heterocycles. The van der Waals surface area contributed by atoms with Crippen molar-refractivity contribution in [2.24, 2.45) is 5.73 Å². The zero-order chi connectivity index (χ0) is 13.8. The number of alkyl halides is 2. The van der Waals surface area contributed by atoms with Gasteiger partial charge in [-0.15, -0.1) is 12.4 Å². The van der Waals surface area contributed by atoms with Crippen LogP contribution in [0, 0.1) is 0 Å². The Labute approximate surface area is 120 Å². The van der Waals surface area contributed by atoms with Gasteiger partial charge in [-0.3, -0.25) is 4.79 Å². The fourth-order valence-corrected chi connectivity index (χ4v) is 1.41. The third-order valence-corrected chi connectivity index (χ3v) is 2.45. The predicted molar refractivity (Wildman–Crippen MR) is 71.6 cm³/mol. The van der Waals surface area contributed by atoms with E-state index in [9.17, 15) is 13.6 Å². The zero-order valence-corrected chi connectivity index (χ0v) is 11.7. The summed E-state index contributed by atoms with van der Waals surface area (Å²) in [5.74, 6) is -3.57. The van der Waals surface area contributed by atoms with E-state index in [-0.39, 0.29) is 23.7 Å². The van der Waals surface area contributed by atoms with Crippen LogP contribution in [-0.4, -0.2) is 32.0 Å². The van der Waals surface area contributed by atoms with Crippen LogP contribution in [0.2, 0.25) is 5.02 Å². The maximum Gasteiger partial charge on any atom is 0.277 e. The van der Waals surface area contributed by atoms with E-state index in [4.69, 9.17) is 22.1 Å². The molecular formula is C11H14Cl2F2N2O2. The molecule has 0 unspecified atom stereocenters. The minimum absolute atomic E-state index is 0. The second kappa shape index (κ2) is 7.47. The lowest BCUT2D eigenvalue weighted by atomic mass is 10.2. The Kier molecular flexibility index (Phi) is 7.04. The van der Waals surface area contributed by atoms with E-state index in [1.54, 1.807) is 0 Å². The van der Waals surface area contributed by atoms with Gasteiger partial charge in [0, 0.05) is 5.02 Å². The van der Waals surface area contributed by atoms with Gasteiger partial charge in [-0.2, -0.15) is 0 Å². The molecule has 0 aliphatic carbocycles. The summed E-state index contributed by atoms with van der Waals surface area (Å²) >= 11 is 5.73. The van der Waals surface area contributed by atoms with Gasteiger partial charge in [0.05, 0.1) is 25.8 Å². The second-order valence-electron chi connectivity index (χ2n) is 3.59. The van der Waals surface area contributed by atoms with Crippen molar-refractivity contribution in [3.8, 4) is 5.75 Å². The number of carbonyl (C=O) groups excluding carboxylic acids is 1. The van der Waals surface area contributed by atoms with Gasteiger partial charge in [0.15, 0.2) is 0 Å². The molecule has 0 radical (unpaired) electrons. The van der Waals surface area contributed by atoms with Gasteiger partial charge in [0.1, 0.15) is 5.75 Å². The highest BCUT2D eigenvalue weighted by atomic mass is 35.5. The Hall–Kier alpha value is -1.11. The molecule has 0 aliphatic heterocycles. The summed E-state index contributed by atoms with van der Waals surface area (Å²) in [5, 5.41) is 2.40. The Balaban J connectivity index is 0.00000324. The number of carbonyl (C=O) groups is 1. The second-order valence-corrected chi connectivity index (χ2v) is 4.02. The normalized spacial score (nSPS) is 10.6. The number of rotatable bonds is 5. The molecule has 1 rings (SSSR count). The lowest BCUT2D eigenvalue weighted by Gasteiger charge is -2.15. The molecule has 1 aromatic carbocycles. The maximum absolute atomic E-state index is 12.9. The number of halogens is 4. The Morgan fingerprint density at radius 3 is 2.68 bits per heavy atom. The van der Waals surface area contributed by atoms with Crippen molar-refractivity contribution < 1.29 is 18.3 Å². The summed E-state index contributed by atoms with van der Waals surface area (Å²) < 4.78 is 30.7. The maximum atomic E-state index is 12.9. The molecule has 0 aromatic heterocycles. The highest BCUT2D eigenvalue weighted by molar-refractivity contribution is 6.31. The van der Waals surface area contributed by atoms with Crippen LogP contribution in [0.1, 0.15) is 10.4 Å². The fourth-order valence-electron chi connectivity index (χ4n) is 1.23. The van der Waals surface area contributed by atoms with Crippen LogP contribution in [0.3, 0.4) is 0 Å². The van der Waals surface area contributed by atoms with E-state index in [2.05, 4.69) is 5.32 Å². The molecule has 1 aromatic rings. The first-order chi connectivity index (χ1) is 8.39. The highest BCUT2D eigenvalue weighted by Crippen LogP contribution is 2.22. The van der Waals surface area contributed by atoms with Gasteiger partial charge in [-0.05, 0) is 18.2 Å². The van der Waals surface area contributed by atoms with E-state index in [0.717, 1.165) is 0 Å². The van der Waals surface area contributed by atoms with Crippen molar-refractivity contribution in [3.05, 3.63) is 28.8 Å². The number of ether oxygens (including phenoxy) is 1. The molecular weight excluding hydrogens is 301 g/mol. The summed E-state index contributed by atoms with van der Waals surface area (Å²) in [6.45, 7) is -1.67. The number of benzene rings is 1. The van der Waals surface area contributed by atoms with Crippen LogP contribution in [0.5, 0.6) is 5.75 Å². The monoisotopic (exact) mass is 314 g/mol. The molecule has 0 atom stereocenters. The standard InChI is InChI=1S/C11H13ClF2N2O2.ClH/c1-18-9-3-2-7(12)4-8(9)10(17)16-6-11(13,14)5-15;/h2-4H,5-6,15H2,1H3,(H,16,17);1H. The van der Waals surface area contributed by atoms with Gasteiger partial charge < -0.3 is 15.8 Å². The van der Waals surface area contributed by atoms with Crippen molar-refractivity contribution in [1.29, 1.82) is 0 Å². The first kappa shape index (κ1) is 17.9. The van der Waals surface area contributed by atoms with Gasteiger partial charge in [0.2, 0.25) is 0 Å². The van der Waals surface area contributed by atoms with Gasteiger partial charge in [-0.25, -0.2) is 8.78 Å². The molecule has 108 valence electrons. The van der Waals surface area contributed by atoms with Crippen molar-refractivity contribution in [3.63, 3.8) is 0 Å². The Morgan fingerprint density at radius 2 is 2.16 bits per heavy atom. The molecule has 0 fully saturated rings. The predicted octanol–water partition coefficient (Wildman–Crippen LogP) is 2.09. The third kappa shape index (κ3) is 5.18. The van der Waals surface area contributed by atoms with Crippen molar-refractivity contribution in [2.45, 2.75) is 5.92 Å². The largest absolute Gasteiger partial charge is 0.496 e. The van der Waals surface area contributed by atoms with Crippen molar-refractivity contribution >= 4 is 29.9 Å². The molecule has 0 aliphatic rings. The van der Waals surface area contributed by atoms with Crippen LogP contribution >= 0.6 is 24.0 Å². The van der Waals surface area contributed by atoms with Crippen LogP contribution in [0.15, 0.2) is 18.2 Å². The molecule has 8 heteroatoms. The van der Waals surface area contributed by atoms with Crippen LogP contribution in [0.25, 0.3) is 0 Å². The molecule has 4 nitrogen and oxygen atoms in total. The molecule has 0 saturated heterocycles. The summed E-state index contributed by atoms with van der Waals surface area (Å²) in [6, 6.07) is 4.36. The molecule has 0 saturated carbocycles. The molecule has 0 spiro atoms. The minimum atomic E-state index is -3.14. The average molecular weight is 315 g/mol. The number of nitrogens with one attached hydrogen (secondary N) is 1. The lowest BCUT2D eigenvalue weighted by Crippen LogP contribution is -2.41. The Bertz CT molecular complexity index is 445. The number of amides is 1. The van der Waals surface area contributed by atoms with E-state index in [1.807, 2.05) is 0 Å². The Morgan fingerprint density at radius 1 is 1.53 bits per heavy atom.